The summed E-state index contributed by atoms with van der Waals surface area (Å²) in [7, 11) is 0. The van der Waals surface area contributed by atoms with Gasteiger partial charge >= 0.3 is 0 Å². The molecule has 1 aromatic heterocycles. The van der Waals surface area contributed by atoms with Gasteiger partial charge in [0.25, 0.3) is 6.43 Å². The number of nitrogens with zero attached hydrogens (tertiary/aromatic N) is 3. The lowest BCUT2D eigenvalue weighted by Gasteiger charge is -2.36. The van der Waals surface area contributed by atoms with Crippen LogP contribution >= 0.6 is 0 Å². The van der Waals surface area contributed by atoms with Crippen molar-refractivity contribution in [3.05, 3.63) is 23.8 Å². The summed E-state index contributed by atoms with van der Waals surface area (Å²) in [5, 5.41) is 0. The van der Waals surface area contributed by atoms with Crippen LogP contribution in [0.2, 0.25) is 0 Å². The van der Waals surface area contributed by atoms with E-state index in [2.05, 4.69) is 28.7 Å². The van der Waals surface area contributed by atoms with Gasteiger partial charge in [-0.25, -0.2) is 8.78 Å². The summed E-state index contributed by atoms with van der Waals surface area (Å²) in [6, 6.07) is 0.618. The van der Waals surface area contributed by atoms with E-state index in [1.807, 2.05) is 0 Å². The van der Waals surface area contributed by atoms with Crippen LogP contribution in [0.25, 0.3) is 0 Å². The Bertz CT molecular complexity index is 518. The first-order chi connectivity index (χ1) is 11.0. The van der Waals surface area contributed by atoms with Gasteiger partial charge in [-0.1, -0.05) is 13.8 Å². The van der Waals surface area contributed by atoms with Gasteiger partial charge in [-0.2, -0.15) is 0 Å². The Hall–Kier alpha value is -1.10. The third-order valence-corrected chi connectivity index (χ3v) is 5.50. The molecule has 2 unspecified atom stereocenters. The maximum atomic E-state index is 12.5. The minimum absolute atomic E-state index is 0.231. The number of rotatable bonds is 6. The predicted molar refractivity (Wildman–Crippen MR) is 86.5 cm³/mol. The van der Waals surface area contributed by atoms with Crippen molar-refractivity contribution in [3.8, 4) is 0 Å². The van der Waals surface area contributed by atoms with E-state index in [4.69, 9.17) is 0 Å². The average Bonchev–Trinajstić information content (AvgIpc) is 3.03. The molecule has 0 spiro atoms. The van der Waals surface area contributed by atoms with Gasteiger partial charge in [-0.3, -0.25) is 14.9 Å². The quantitative estimate of drug-likeness (QED) is 0.777. The van der Waals surface area contributed by atoms with Gasteiger partial charge in [0.15, 0.2) is 0 Å². The van der Waals surface area contributed by atoms with Crippen LogP contribution in [-0.2, 0) is 6.42 Å². The molecule has 0 aliphatic carbocycles. The highest BCUT2D eigenvalue weighted by Crippen LogP contribution is 2.47. The zero-order chi connectivity index (χ0) is 16.4. The Morgan fingerprint density at radius 2 is 2.09 bits per heavy atom. The summed E-state index contributed by atoms with van der Waals surface area (Å²) in [6.07, 6.45) is 8.60. The second-order valence-corrected chi connectivity index (χ2v) is 7.58. The van der Waals surface area contributed by atoms with Crippen LogP contribution < -0.4 is 0 Å². The lowest BCUT2D eigenvalue weighted by Crippen LogP contribution is -2.43. The molecular weight excluding hydrogens is 296 g/mol. The largest absolute Gasteiger partial charge is 0.295 e. The summed E-state index contributed by atoms with van der Waals surface area (Å²) in [6.45, 7) is 5.85. The Labute approximate surface area is 137 Å². The van der Waals surface area contributed by atoms with Crippen LogP contribution in [0.1, 0.15) is 70.2 Å². The van der Waals surface area contributed by atoms with Crippen molar-refractivity contribution in [2.45, 2.75) is 76.8 Å². The number of fused-ring (bicyclic) bond motifs is 1. The van der Waals surface area contributed by atoms with Crippen molar-refractivity contribution in [3.63, 3.8) is 0 Å². The average molecular weight is 323 g/mol. The smallest absolute Gasteiger partial charge is 0.281 e. The third kappa shape index (κ3) is 3.54. The van der Waals surface area contributed by atoms with Crippen LogP contribution in [-0.4, -0.2) is 33.0 Å². The molecule has 3 rings (SSSR count). The first-order valence-corrected chi connectivity index (χ1v) is 8.86. The molecule has 0 saturated carbocycles. The fourth-order valence-electron chi connectivity index (χ4n) is 4.69. The van der Waals surface area contributed by atoms with Crippen LogP contribution in [0.4, 0.5) is 8.78 Å². The number of alkyl halides is 2. The summed E-state index contributed by atoms with van der Waals surface area (Å²) in [5.41, 5.74) is 1.03. The molecule has 5 heteroatoms. The zero-order valence-corrected chi connectivity index (χ0v) is 14.1. The van der Waals surface area contributed by atoms with Crippen LogP contribution in [0, 0.1) is 5.92 Å². The van der Waals surface area contributed by atoms with E-state index in [0.717, 1.165) is 24.5 Å². The highest BCUT2D eigenvalue weighted by atomic mass is 19.3. The maximum absolute atomic E-state index is 12.5. The minimum Gasteiger partial charge on any atom is -0.295 e. The molecule has 3 heterocycles. The summed E-state index contributed by atoms with van der Waals surface area (Å²) >= 11 is 0. The summed E-state index contributed by atoms with van der Waals surface area (Å²) in [5.74, 6) is 0.738. The van der Waals surface area contributed by atoms with Crippen molar-refractivity contribution < 1.29 is 8.78 Å². The first-order valence-electron chi connectivity index (χ1n) is 8.86. The van der Waals surface area contributed by atoms with Gasteiger partial charge in [-0.15, -0.1) is 0 Å². The molecule has 1 aromatic rings. The van der Waals surface area contributed by atoms with Gasteiger partial charge in [-0.05, 0) is 57.4 Å². The molecule has 2 aliphatic rings. The van der Waals surface area contributed by atoms with Crippen molar-refractivity contribution in [2.24, 2.45) is 5.92 Å². The maximum Gasteiger partial charge on any atom is 0.281 e. The second kappa shape index (κ2) is 6.80. The number of aromatic nitrogens is 2. The molecule has 2 fully saturated rings. The molecule has 0 bridgehead atoms. The highest BCUT2D eigenvalue weighted by molar-refractivity contribution is 5.07. The molecule has 2 atom stereocenters. The van der Waals surface area contributed by atoms with Crippen molar-refractivity contribution in [2.75, 3.05) is 6.54 Å². The molecule has 3 nitrogen and oxygen atoms in total. The SMILES string of the molecule is CC(C)CC12CCCN1C(CCc1cnc(C(F)F)cn1)CC2. The van der Waals surface area contributed by atoms with E-state index in [1.165, 1.54) is 51.0 Å². The van der Waals surface area contributed by atoms with Gasteiger partial charge in [0.2, 0.25) is 0 Å². The Morgan fingerprint density at radius 3 is 2.74 bits per heavy atom. The van der Waals surface area contributed by atoms with Gasteiger partial charge < -0.3 is 0 Å². The van der Waals surface area contributed by atoms with E-state index in [0.29, 0.717) is 11.6 Å². The van der Waals surface area contributed by atoms with Crippen LogP contribution in [0.5, 0.6) is 0 Å². The lowest BCUT2D eigenvalue weighted by atomic mass is 9.85. The van der Waals surface area contributed by atoms with E-state index in [-0.39, 0.29) is 5.69 Å². The van der Waals surface area contributed by atoms with E-state index in [1.54, 1.807) is 0 Å². The molecule has 128 valence electrons. The Morgan fingerprint density at radius 1 is 1.26 bits per heavy atom. The summed E-state index contributed by atoms with van der Waals surface area (Å²) < 4.78 is 25.0. The van der Waals surface area contributed by atoms with Crippen LogP contribution in [0.15, 0.2) is 12.4 Å². The number of halogens is 2. The fraction of sp³-hybridized carbons (Fsp3) is 0.778. The van der Waals surface area contributed by atoms with Crippen LogP contribution in [0.3, 0.4) is 0 Å². The molecule has 23 heavy (non-hydrogen) atoms. The van der Waals surface area contributed by atoms with Crippen molar-refractivity contribution in [1.29, 1.82) is 0 Å². The molecular formula is C18H27F2N3. The van der Waals surface area contributed by atoms with Gasteiger partial charge in [0, 0.05) is 17.8 Å². The van der Waals surface area contributed by atoms with Crippen molar-refractivity contribution in [1.82, 2.24) is 14.9 Å². The van der Waals surface area contributed by atoms with E-state index in [9.17, 15) is 8.78 Å². The number of hydrogen-bond acceptors (Lipinski definition) is 3. The number of hydrogen-bond donors (Lipinski definition) is 0. The van der Waals surface area contributed by atoms with Gasteiger partial charge in [0.1, 0.15) is 5.69 Å². The van der Waals surface area contributed by atoms with E-state index >= 15 is 0 Å². The Balaban J connectivity index is 1.59. The molecule has 0 N–H and O–H groups in total. The van der Waals surface area contributed by atoms with E-state index < -0.39 is 6.43 Å². The molecule has 2 aliphatic heterocycles. The first kappa shape index (κ1) is 16.7. The predicted octanol–water partition coefficient (Wildman–Crippen LogP) is 4.39. The topological polar surface area (TPSA) is 29.0 Å². The lowest BCUT2D eigenvalue weighted by molar-refractivity contribution is 0.122. The Kier molecular flexibility index (Phi) is 4.95. The standard InChI is InChI=1S/C18H27F2N3/c1-13(2)10-18-7-3-9-23(18)15(6-8-18)5-4-14-11-22-16(12-21-14)17(19)20/h11-13,15,17H,3-10H2,1-2H3. The fourth-order valence-corrected chi connectivity index (χ4v) is 4.69. The third-order valence-electron chi connectivity index (χ3n) is 5.50. The van der Waals surface area contributed by atoms with Gasteiger partial charge in [0.05, 0.1) is 11.9 Å². The molecule has 0 aromatic carbocycles. The monoisotopic (exact) mass is 323 g/mol. The molecule has 0 radical (unpaired) electrons. The second-order valence-electron chi connectivity index (χ2n) is 7.58. The minimum atomic E-state index is -2.53. The molecule has 0 amide bonds. The number of aryl methyl sites for hydroxylation is 1. The summed E-state index contributed by atoms with van der Waals surface area (Å²) in [4.78, 5) is 10.7. The highest BCUT2D eigenvalue weighted by Gasteiger charge is 2.48. The normalized spacial score (nSPS) is 28.0. The molecule has 2 saturated heterocycles. The zero-order valence-electron chi connectivity index (χ0n) is 14.1. The van der Waals surface area contributed by atoms with Crippen molar-refractivity contribution >= 4 is 0 Å².